The third kappa shape index (κ3) is 4.21. The number of allylic oxidation sites excluding steroid dienone is 1. The molecule has 1 spiro atoms. The molecule has 2 heterocycles. The van der Waals surface area contributed by atoms with Gasteiger partial charge < -0.3 is 10.2 Å². The van der Waals surface area contributed by atoms with Crippen molar-refractivity contribution in [2.24, 2.45) is 5.41 Å². The molecule has 3 aliphatic rings. The lowest BCUT2D eigenvalue weighted by molar-refractivity contribution is -0.115. The monoisotopic (exact) mass is 474 g/mol. The molecule has 1 aromatic heterocycles. The van der Waals surface area contributed by atoms with Crippen LogP contribution in [0.5, 0.6) is 0 Å². The summed E-state index contributed by atoms with van der Waals surface area (Å²) < 4.78 is 1.91. The molecule has 0 saturated carbocycles. The van der Waals surface area contributed by atoms with E-state index in [9.17, 15) is 14.4 Å². The fraction of sp³-hybridized carbons (Fsp3) is 0.500. The Kier molecular flexibility index (Phi) is 5.69. The zero-order valence-electron chi connectivity index (χ0n) is 21.1. The SMILES string of the molecule is CCNC(=O)C1=CCc2ccc(C(=O)N3CCC4(CC3)CC(=O)c3nn(C(C)(C)C)cc3C4)cc21. The van der Waals surface area contributed by atoms with Crippen LogP contribution in [-0.2, 0) is 23.2 Å². The molecule has 184 valence electrons. The van der Waals surface area contributed by atoms with E-state index >= 15 is 0 Å². The third-order valence-corrected chi connectivity index (χ3v) is 7.71. The zero-order chi connectivity index (χ0) is 25.0. The molecule has 35 heavy (non-hydrogen) atoms. The Hall–Kier alpha value is -3.22. The molecule has 0 radical (unpaired) electrons. The van der Waals surface area contributed by atoms with Gasteiger partial charge in [0.25, 0.3) is 11.8 Å². The van der Waals surface area contributed by atoms with Crippen LogP contribution in [0.3, 0.4) is 0 Å². The normalized spacial score (nSPS) is 18.8. The Morgan fingerprint density at radius 3 is 2.54 bits per heavy atom. The van der Waals surface area contributed by atoms with E-state index in [0.717, 1.165) is 36.0 Å². The van der Waals surface area contributed by atoms with Gasteiger partial charge >= 0.3 is 0 Å². The van der Waals surface area contributed by atoms with Crippen LogP contribution in [0.1, 0.15) is 84.5 Å². The quantitative estimate of drug-likeness (QED) is 0.734. The molecule has 1 aromatic carbocycles. The number of likely N-dealkylation sites (N-methyl/N-ethyl adjacent to an activating group) is 1. The van der Waals surface area contributed by atoms with Gasteiger partial charge in [0.05, 0.1) is 5.54 Å². The molecule has 1 N–H and O–H groups in total. The summed E-state index contributed by atoms with van der Waals surface area (Å²) in [5, 5.41) is 7.45. The number of Topliss-reactive ketones (excluding diaryl/α,β-unsaturated/α-hetero) is 1. The molecule has 7 nitrogen and oxygen atoms in total. The predicted molar refractivity (Wildman–Crippen MR) is 134 cm³/mol. The van der Waals surface area contributed by atoms with Crippen LogP contribution < -0.4 is 5.32 Å². The second-order valence-corrected chi connectivity index (χ2v) is 11.2. The highest BCUT2D eigenvalue weighted by Gasteiger charge is 2.43. The van der Waals surface area contributed by atoms with Crippen molar-refractivity contribution >= 4 is 23.2 Å². The lowest BCUT2D eigenvalue weighted by Gasteiger charge is -2.43. The molecule has 0 unspecified atom stereocenters. The summed E-state index contributed by atoms with van der Waals surface area (Å²) in [5.41, 5.74) is 4.61. The molecule has 1 saturated heterocycles. The van der Waals surface area contributed by atoms with E-state index in [2.05, 4.69) is 31.2 Å². The number of nitrogens with one attached hydrogen (secondary N) is 1. The first-order valence-electron chi connectivity index (χ1n) is 12.6. The van der Waals surface area contributed by atoms with Crippen LogP contribution in [-0.4, -0.2) is 51.9 Å². The van der Waals surface area contributed by atoms with Crippen molar-refractivity contribution in [3.63, 3.8) is 0 Å². The lowest BCUT2D eigenvalue weighted by atomic mass is 9.67. The largest absolute Gasteiger partial charge is 0.352 e. The van der Waals surface area contributed by atoms with Gasteiger partial charge in [-0.1, -0.05) is 12.1 Å². The molecule has 2 aliphatic carbocycles. The van der Waals surface area contributed by atoms with Crippen molar-refractivity contribution in [2.75, 3.05) is 19.6 Å². The second-order valence-electron chi connectivity index (χ2n) is 11.2. The molecule has 0 atom stereocenters. The summed E-state index contributed by atoms with van der Waals surface area (Å²) in [6, 6.07) is 5.70. The van der Waals surface area contributed by atoms with E-state index in [1.807, 2.05) is 47.0 Å². The summed E-state index contributed by atoms with van der Waals surface area (Å²) in [7, 11) is 0. The number of carbonyl (C=O) groups excluding carboxylic acids is 3. The number of ketones is 1. The van der Waals surface area contributed by atoms with Crippen LogP contribution in [0.4, 0.5) is 0 Å². The van der Waals surface area contributed by atoms with Crippen LogP contribution >= 0.6 is 0 Å². The smallest absolute Gasteiger partial charge is 0.253 e. The maximum Gasteiger partial charge on any atom is 0.253 e. The van der Waals surface area contributed by atoms with Gasteiger partial charge in [-0.15, -0.1) is 0 Å². The maximum absolute atomic E-state index is 13.4. The van der Waals surface area contributed by atoms with E-state index in [4.69, 9.17) is 0 Å². The molecule has 1 aliphatic heterocycles. The first-order valence-corrected chi connectivity index (χ1v) is 12.6. The minimum atomic E-state index is -0.164. The van der Waals surface area contributed by atoms with Gasteiger partial charge in [0.15, 0.2) is 5.78 Å². The van der Waals surface area contributed by atoms with Crippen molar-refractivity contribution in [1.82, 2.24) is 20.0 Å². The molecule has 2 amide bonds. The van der Waals surface area contributed by atoms with E-state index in [0.29, 0.717) is 49.3 Å². The minimum absolute atomic E-state index is 0.00632. The molecule has 5 rings (SSSR count). The Labute approximate surface area is 206 Å². The number of benzene rings is 1. The van der Waals surface area contributed by atoms with Crippen molar-refractivity contribution in [2.45, 2.75) is 65.3 Å². The fourth-order valence-electron chi connectivity index (χ4n) is 5.66. The van der Waals surface area contributed by atoms with E-state index in [1.165, 1.54) is 0 Å². The van der Waals surface area contributed by atoms with Crippen molar-refractivity contribution in [1.29, 1.82) is 0 Å². The number of carbonyl (C=O) groups is 3. The highest BCUT2D eigenvalue weighted by atomic mass is 16.2. The fourth-order valence-corrected chi connectivity index (χ4v) is 5.66. The zero-order valence-corrected chi connectivity index (χ0v) is 21.1. The Morgan fingerprint density at radius 2 is 1.86 bits per heavy atom. The standard InChI is InChI=1S/C28H34N4O3/c1-5-29-25(34)21-9-8-18-6-7-19(14-22(18)21)26(35)31-12-10-28(11-13-31)15-20-17-32(27(2,3)4)30-24(20)23(33)16-28/h6-7,9,14,17H,5,8,10-13,15-16H2,1-4H3,(H,29,34). The molecule has 1 fully saturated rings. The second kappa shape index (κ2) is 8.47. The van der Waals surface area contributed by atoms with Gasteiger partial charge in [-0.2, -0.15) is 5.10 Å². The van der Waals surface area contributed by atoms with Gasteiger partial charge in [0.2, 0.25) is 0 Å². The number of aromatic nitrogens is 2. The Balaban J connectivity index is 1.29. The van der Waals surface area contributed by atoms with Gasteiger partial charge in [0, 0.05) is 49.0 Å². The van der Waals surface area contributed by atoms with Crippen molar-refractivity contribution in [3.8, 4) is 0 Å². The predicted octanol–water partition coefficient (Wildman–Crippen LogP) is 3.77. The van der Waals surface area contributed by atoms with Crippen molar-refractivity contribution < 1.29 is 14.4 Å². The van der Waals surface area contributed by atoms with Crippen LogP contribution in [0, 0.1) is 5.41 Å². The number of piperidine rings is 1. The molecular formula is C28H34N4O3. The van der Waals surface area contributed by atoms with E-state index < -0.39 is 0 Å². The summed E-state index contributed by atoms with van der Waals surface area (Å²) >= 11 is 0. The summed E-state index contributed by atoms with van der Waals surface area (Å²) in [4.78, 5) is 40.7. The Bertz CT molecular complexity index is 1240. The highest BCUT2D eigenvalue weighted by molar-refractivity contribution is 6.21. The first kappa shape index (κ1) is 23.5. The third-order valence-electron chi connectivity index (χ3n) is 7.71. The maximum atomic E-state index is 13.4. The minimum Gasteiger partial charge on any atom is -0.352 e. The summed E-state index contributed by atoms with van der Waals surface area (Å²) in [6.07, 6.45) is 7.64. The number of fused-ring (bicyclic) bond motifs is 2. The molecular weight excluding hydrogens is 440 g/mol. The molecule has 2 aromatic rings. The topological polar surface area (TPSA) is 84.3 Å². The molecule has 7 heteroatoms. The number of hydrogen-bond acceptors (Lipinski definition) is 4. The highest BCUT2D eigenvalue weighted by Crippen LogP contribution is 2.44. The van der Waals surface area contributed by atoms with Crippen LogP contribution in [0.2, 0.25) is 0 Å². The number of nitrogens with zero attached hydrogens (tertiary/aromatic N) is 3. The number of likely N-dealkylation sites (tertiary alicyclic amines) is 1. The Morgan fingerprint density at radius 1 is 1.11 bits per heavy atom. The average Bonchev–Trinajstić information content (AvgIpc) is 3.43. The average molecular weight is 475 g/mol. The number of rotatable bonds is 3. The van der Waals surface area contributed by atoms with Crippen LogP contribution in [0.15, 0.2) is 30.5 Å². The van der Waals surface area contributed by atoms with E-state index in [1.54, 1.807) is 0 Å². The van der Waals surface area contributed by atoms with Gasteiger partial charge in [-0.3, -0.25) is 19.1 Å². The van der Waals surface area contributed by atoms with Crippen molar-refractivity contribution in [3.05, 3.63) is 58.4 Å². The lowest BCUT2D eigenvalue weighted by Crippen LogP contribution is -2.46. The number of hydrogen-bond donors (Lipinski definition) is 1. The van der Waals surface area contributed by atoms with Gasteiger partial charge in [0.1, 0.15) is 5.69 Å². The van der Waals surface area contributed by atoms with Crippen LogP contribution in [0.25, 0.3) is 5.57 Å². The summed E-state index contributed by atoms with van der Waals surface area (Å²) in [5.74, 6) is 0.0254. The van der Waals surface area contributed by atoms with Gasteiger partial charge in [-0.25, -0.2) is 0 Å². The summed E-state index contributed by atoms with van der Waals surface area (Å²) in [6.45, 7) is 9.99. The first-order chi connectivity index (χ1) is 16.6. The van der Waals surface area contributed by atoms with E-state index in [-0.39, 0.29) is 28.6 Å². The molecule has 0 bridgehead atoms. The number of amides is 2. The van der Waals surface area contributed by atoms with Gasteiger partial charge in [-0.05, 0) is 82.1 Å².